The zero-order valence-electron chi connectivity index (χ0n) is 9.02. The average Bonchev–Trinajstić information content (AvgIpc) is 2.50. The molecule has 0 bridgehead atoms. The number of nitrogens with zero attached hydrogens (tertiary/aromatic N) is 4. The van der Waals surface area contributed by atoms with Crippen molar-refractivity contribution in [2.24, 2.45) is 0 Å². The SMILES string of the molecule is Cc1cc(C)n(-c2ncc(C)c(N)n2)n1. The molecule has 0 atom stereocenters. The van der Waals surface area contributed by atoms with E-state index >= 15 is 0 Å². The third-order valence-corrected chi connectivity index (χ3v) is 2.20. The van der Waals surface area contributed by atoms with Crippen LogP contribution >= 0.6 is 0 Å². The van der Waals surface area contributed by atoms with Gasteiger partial charge in [-0.3, -0.25) is 0 Å². The molecular weight excluding hydrogens is 190 g/mol. The van der Waals surface area contributed by atoms with Gasteiger partial charge in [-0.25, -0.2) is 9.67 Å². The van der Waals surface area contributed by atoms with E-state index in [1.165, 1.54) is 0 Å². The van der Waals surface area contributed by atoms with Crippen molar-refractivity contribution < 1.29 is 0 Å². The van der Waals surface area contributed by atoms with E-state index in [1.807, 2.05) is 26.8 Å². The molecule has 0 aromatic carbocycles. The van der Waals surface area contributed by atoms with Crippen molar-refractivity contribution in [3.8, 4) is 5.95 Å². The third-order valence-electron chi connectivity index (χ3n) is 2.20. The molecule has 2 rings (SSSR count). The third kappa shape index (κ3) is 1.68. The molecule has 2 N–H and O–H groups in total. The summed E-state index contributed by atoms with van der Waals surface area (Å²) >= 11 is 0. The van der Waals surface area contributed by atoms with Gasteiger partial charge in [0.1, 0.15) is 5.82 Å². The van der Waals surface area contributed by atoms with Crippen molar-refractivity contribution in [3.05, 3.63) is 29.2 Å². The summed E-state index contributed by atoms with van der Waals surface area (Å²) in [4.78, 5) is 8.38. The molecule has 0 saturated carbocycles. The van der Waals surface area contributed by atoms with Crippen LogP contribution in [0.2, 0.25) is 0 Å². The van der Waals surface area contributed by atoms with Crippen LogP contribution in [0.3, 0.4) is 0 Å². The minimum atomic E-state index is 0.493. The number of hydrogen-bond acceptors (Lipinski definition) is 4. The lowest BCUT2D eigenvalue weighted by atomic mass is 10.3. The first-order chi connectivity index (χ1) is 7.08. The number of aromatic nitrogens is 4. The highest BCUT2D eigenvalue weighted by atomic mass is 15.4. The van der Waals surface area contributed by atoms with Crippen molar-refractivity contribution in [3.63, 3.8) is 0 Å². The van der Waals surface area contributed by atoms with Crippen LogP contribution in [-0.4, -0.2) is 19.7 Å². The second kappa shape index (κ2) is 3.34. The molecule has 0 fully saturated rings. The maximum atomic E-state index is 5.72. The number of nitrogen functional groups attached to an aromatic ring is 1. The van der Waals surface area contributed by atoms with Crippen LogP contribution < -0.4 is 5.73 Å². The average molecular weight is 203 g/mol. The van der Waals surface area contributed by atoms with Gasteiger partial charge in [-0.2, -0.15) is 10.1 Å². The van der Waals surface area contributed by atoms with Gasteiger partial charge in [0.15, 0.2) is 0 Å². The number of hydrogen-bond donors (Lipinski definition) is 1. The van der Waals surface area contributed by atoms with Crippen LogP contribution in [0, 0.1) is 20.8 Å². The molecule has 0 saturated heterocycles. The van der Waals surface area contributed by atoms with E-state index < -0.39 is 0 Å². The Morgan fingerprint density at radius 3 is 2.53 bits per heavy atom. The van der Waals surface area contributed by atoms with Gasteiger partial charge in [0.2, 0.25) is 0 Å². The van der Waals surface area contributed by atoms with Gasteiger partial charge in [0.25, 0.3) is 5.95 Å². The molecule has 0 radical (unpaired) electrons. The second-order valence-corrected chi connectivity index (χ2v) is 3.58. The van der Waals surface area contributed by atoms with Crippen molar-refractivity contribution in [2.45, 2.75) is 20.8 Å². The van der Waals surface area contributed by atoms with Crippen molar-refractivity contribution in [1.82, 2.24) is 19.7 Å². The van der Waals surface area contributed by atoms with E-state index in [9.17, 15) is 0 Å². The fraction of sp³-hybridized carbons (Fsp3) is 0.300. The van der Waals surface area contributed by atoms with Gasteiger partial charge < -0.3 is 5.73 Å². The van der Waals surface area contributed by atoms with Gasteiger partial charge in [-0.1, -0.05) is 0 Å². The van der Waals surface area contributed by atoms with E-state index in [0.29, 0.717) is 11.8 Å². The molecule has 15 heavy (non-hydrogen) atoms. The van der Waals surface area contributed by atoms with Gasteiger partial charge >= 0.3 is 0 Å². The van der Waals surface area contributed by atoms with E-state index in [2.05, 4.69) is 15.1 Å². The molecule has 78 valence electrons. The minimum absolute atomic E-state index is 0.493. The quantitative estimate of drug-likeness (QED) is 0.755. The molecule has 2 aromatic rings. The molecule has 0 aliphatic rings. The normalized spacial score (nSPS) is 10.6. The molecule has 0 unspecified atom stereocenters. The first-order valence-corrected chi connectivity index (χ1v) is 4.70. The fourth-order valence-electron chi connectivity index (χ4n) is 1.38. The summed E-state index contributed by atoms with van der Waals surface area (Å²) in [6.07, 6.45) is 1.70. The predicted molar refractivity (Wildman–Crippen MR) is 57.8 cm³/mol. The van der Waals surface area contributed by atoms with Crippen LogP contribution in [0.15, 0.2) is 12.3 Å². The Bertz CT molecular complexity index is 501. The summed E-state index contributed by atoms with van der Waals surface area (Å²) in [6.45, 7) is 5.76. The lowest BCUT2D eigenvalue weighted by molar-refractivity contribution is 0.774. The molecule has 2 heterocycles. The summed E-state index contributed by atoms with van der Waals surface area (Å²) in [6, 6.07) is 1.97. The van der Waals surface area contributed by atoms with Gasteiger partial charge in [0.05, 0.1) is 5.69 Å². The van der Waals surface area contributed by atoms with Crippen LogP contribution in [0.25, 0.3) is 5.95 Å². The lowest BCUT2D eigenvalue weighted by Crippen LogP contribution is -2.07. The Hall–Kier alpha value is -1.91. The number of anilines is 1. The van der Waals surface area contributed by atoms with Crippen molar-refractivity contribution in [2.75, 3.05) is 5.73 Å². The standard InChI is InChI=1S/C10H13N5/c1-6-5-12-10(13-9(6)11)15-8(3)4-7(2)14-15/h4-5H,1-3H3,(H2,11,12,13). The van der Waals surface area contributed by atoms with Crippen LogP contribution in [0.5, 0.6) is 0 Å². The first kappa shape index (κ1) is 9.64. The Balaban J connectivity index is 2.54. The number of rotatable bonds is 1. The summed E-state index contributed by atoms with van der Waals surface area (Å²) in [5.74, 6) is 1.01. The van der Waals surface area contributed by atoms with Crippen molar-refractivity contribution in [1.29, 1.82) is 0 Å². The van der Waals surface area contributed by atoms with Gasteiger partial charge in [-0.05, 0) is 26.8 Å². The Labute approximate surface area is 88.0 Å². The summed E-state index contributed by atoms with van der Waals surface area (Å²) < 4.78 is 1.69. The second-order valence-electron chi connectivity index (χ2n) is 3.58. The largest absolute Gasteiger partial charge is 0.383 e. The van der Waals surface area contributed by atoms with Crippen LogP contribution in [0.1, 0.15) is 17.0 Å². The molecule has 5 heteroatoms. The van der Waals surface area contributed by atoms with E-state index in [0.717, 1.165) is 17.0 Å². The van der Waals surface area contributed by atoms with Gasteiger partial charge in [0, 0.05) is 17.5 Å². The zero-order valence-corrected chi connectivity index (χ0v) is 9.02. The molecule has 0 aliphatic carbocycles. The van der Waals surface area contributed by atoms with Gasteiger partial charge in [-0.15, -0.1) is 0 Å². The molecule has 0 spiro atoms. The molecule has 5 nitrogen and oxygen atoms in total. The highest BCUT2D eigenvalue weighted by Crippen LogP contribution is 2.10. The first-order valence-electron chi connectivity index (χ1n) is 4.70. The van der Waals surface area contributed by atoms with Crippen LogP contribution in [-0.2, 0) is 0 Å². The molecular formula is C10H13N5. The number of aryl methyl sites for hydroxylation is 3. The summed E-state index contributed by atoms with van der Waals surface area (Å²) in [5, 5.41) is 4.29. The van der Waals surface area contributed by atoms with Crippen LogP contribution in [0.4, 0.5) is 5.82 Å². The monoisotopic (exact) mass is 203 g/mol. The summed E-state index contributed by atoms with van der Waals surface area (Å²) in [7, 11) is 0. The topological polar surface area (TPSA) is 69.6 Å². The van der Waals surface area contributed by atoms with E-state index in [1.54, 1.807) is 10.9 Å². The fourth-order valence-corrected chi connectivity index (χ4v) is 1.38. The van der Waals surface area contributed by atoms with E-state index in [-0.39, 0.29) is 0 Å². The molecule has 0 amide bonds. The zero-order chi connectivity index (χ0) is 11.0. The molecule has 2 aromatic heterocycles. The minimum Gasteiger partial charge on any atom is -0.383 e. The maximum absolute atomic E-state index is 5.72. The summed E-state index contributed by atoms with van der Waals surface area (Å²) in [5.41, 5.74) is 8.53. The highest BCUT2D eigenvalue weighted by Gasteiger charge is 2.07. The Kier molecular flexibility index (Phi) is 2.15. The van der Waals surface area contributed by atoms with Crippen molar-refractivity contribution >= 4 is 5.82 Å². The molecule has 0 aliphatic heterocycles. The lowest BCUT2D eigenvalue weighted by Gasteiger charge is -2.04. The van der Waals surface area contributed by atoms with E-state index in [4.69, 9.17) is 5.73 Å². The smallest absolute Gasteiger partial charge is 0.252 e. The Morgan fingerprint density at radius 1 is 1.27 bits per heavy atom. The Morgan fingerprint density at radius 2 is 2.00 bits per heavy atom. The predicted octanol–water partition coefficient (Wildman–Crippen LogP) is 1.17. The number of nitrogens with two attached hydrogens (primary N) is 1. The highest BCUT2D eigenvalue weighted by molar-refractivity contribution is 5.38. The maximum Gasteiger partial charge on any atom is 0.252 e.